The van der Waals surface area contributed by atoms with Crippen molar-refractivity contribution in [3.63, 3.8) is 0 Å². The van der Waals surface area contributed by atoms with Gasteiger partial charge in [-0.1, -0.05) is 60.8 Å². The smallest absolute Gasteiger partial charge is 0.295 e. The minimum absolute atomic E-state index is 0.0250. The molecule has 2 heterocycles. The van der Waals surface area contributed by atoms with Crippen LogP contribution in [0, 0.1) is 0 Å². The fourth-order valence-electron chi connectivity index (χ4n) is 3.98. The number of halogens is 2. The number of carbonyl (C=O) groups is 2. The second kappa shape index (κ2) is 10.9. The number of pyridine rings is 1. The molecule has 1 fully saturated rings. The van der Waals surface area contributed by atoms with Crippen molar-refractivity contribution in [2.75, 3.05) is 6.61 Å². The number of Topliss-reactive ketones (excluding diaryl/α,β-unsaturated/α-hetero) is 1. The number of aliphatic hydroxyl groups is 1. The SMILES string of the molecule is CCCCOc1cccc(/C(O)=C2\C(=O)C(=O)N(Cc3cccnc3)C2c2ccc(Cl)c(Cl)c2)c1. The molecule has 1 aliphatic heterocycles. The van der Waals surface area contributed by atoms with Crippen molar-refractivity contribution in [3.8, 4) is 5.75 Å². The van der Waals surface area contributed by atoms with Crippen LogP contribution in [0.1, 0.15) is 42.5 Å². The van der Waals surface area contributed by atoms with Gasteiger partial charge in [-0.3, -0.25) is 14.6 Å². The first-order chi connectivity index (χ1) is 16.9. The molecule has 0 spiro atoms. The quantitative estimate of drug-likeness (QED) is 0.169. The highest BCUT2D eigenvalue weighted by molar-refractivity contribution is 6.46. The van der Waals surface area contributed by atoms with E-state index in [-0.39, 0.29) is 22.9 Å². The first-order valence-electron chi connectivity index (χ1n) is 11.3. The maximum absolute atomic E-state index is 13.2. The van der Waals surface area contributed by atoms with Crippen LogP contribution in [-0.4, -0.2) is 33.3 Å². The summed E-state index contributed by atoms with van der Waals surface area (Å²) in [5.41, 5.74) is 1.65. The zero-order valence-electron chi connectivity index (χ0n) is 19.1. The standard InChI is InChI=1S/C27H24Cl2N2O4/c1-2-3-12-35-20-8-4-7-19(13-20)25(32)23-24(18-9-10-21(28)22(29)14-18)31(27(34)26(23)33)16-17-6-5-11-30-15-17/h4-11,13-15,24,32H,2-3,12,16H2,1H3/b25-23+. The second-order valence-electron chi connectivity index (χ2n) is 8.19. The van der Waals surface area contributed by atoms with E-state index in [2.05, 4.69) is 11.9 Å². The van der Waals surface area contributed by atoms with Gasteiger partial charge in [0.05, 0.1) is 28.3 Å². The predicted molar refractivity (Wildman–Crippen MR) is 135 cm³/mol. The number of aromatic nitrogens is 1. The molecule has 1 atom stereocenters. The van der Waals surface area contributed by atoms with Crippen LogP contribution >= 0.6 is 23.2 Å². The molecule has 0 radical (unpaired) electrons. The first kappa shape index (κ1) is 24.8. The Labute approximate surface area is 213 Å². The molecular formula is C27H24Cl2N2O4. The van der Waals surface area contributed by atoms with Gasteiger partial charge in [0.15, 0.2) is 0 Å². The van der Waals surface area contributed by atoms with E-state index in [1.54, 1.807) is 60.9 Å². The number of likely N-dealkylation sites (tertiary alicyclic amines) is 1. The molecule has 6 nitrogen and oxygen atoms in total. The maximum atomic E-state index is 13.2. The number of rotatable bonds is 8. The maximum Gasteiger partial charge on any atom is 0.295 e. The van der Waals surface area contributed by atoms with Gasteiger partial charge in [-0.15, -0.1) is 0 Å². The molecule has 4 rings (SSSR count). The van der Waals surface area contributed by atoms with Crippen molar-refractivity contribution in [3.05, 3.63) is 99.3 Å². The zero-order valence-corrected chi connectivity index (χ0v) is 20.6. The molecule has 1 unspecified atom stereocenters. The number of hydrogen-bond donors (Lipinski definition) is 1. The van der Waals surface area contributed by atoms with Crippen LogP contribution in [0.25, 0.3) is 5.76 Å². The lowest BCUT2D eigenvalue weighted by Crippen LogP contribution is -2.29. The van der Waals surface area contributed by atoms with E-state index in [0.29, 0.717) is 28.5 Å². The van der Waals surface area contributed by atoms with Gasteiger partial charge in [0.2, 0.25) is 0 Å². The average Bonchev–Trinajstić information content (AvgIpc) is 3.11. The summed E-state index contributed by atoms with van der Waals surface area (Å²) in [7, 11) is 0. The first-order valence-corrected chi connectivity index (χ1v) is 12.0. The number of ketones is 1. The molecule has 3 aromatic rings. The van der Waals surface area contributed by atoms with Gasteiger partial charge < -0.3 is 14.7 Å². The summed E-state index contributed by atoms with van der Waals surface area (Å²) in [6.07, 6.45) is 5.14. The molecule has 1 N–H and O–H groups in total. The molecule has 180 valence electrons. The molecular weight excluding hydrogens is 487 g/mol. The van der Waals surface area contributed by atoms with Gasteiger partial charge in [0.25, 0.3) is 11.7 Å². The van der Waals surface area contributed by atoms with Crippen LogP contribution in [0.2, 0.25) is 10.0 Å². The number of benzene rings is 2. The van der Waals surface area contributed by atoms with Gasteiger partial charge in [-0.25, -0.2) is 0 Å². The molecule has 1 aromatic heterocycles. The lowest BCUT2D eigenvalue weighted by Gasteiger charge is -2.25. The Hall–Kier alpha value is -3.35. The highest BCUT2D eigenvalue weighted by Crippen LogP contribution is 2.42. The summed E-state index contributed by atoms with van der Waals surface area (Å²) < 4.78 is 5.75. The number of unbranched alkanes of at least 4 members (excludes halogenated alkanes) is 1. The van der Waals surface area contributed by atoms with Crippen LogP contribution in [-0.2, 0) is 16.1 Å². The predicted octanol–water partition coefficient (Wildman–Crippen LogP) is 6.19. The molecule has 0 aliphatic carbocycles. The minimum atomic E-state index is -0.866. The van der Waals surface area contributed by atoms with Crippen molar-refractivity contribution in [1.82, 2.24) is 9.88 Å². The summed E-state index contributed by atoms with van der Waals surface area (Å²) in [4.78, 5) is 31.9. The molecule has 35 heavy (non-hydrogen) atoms. The lowest BCUT2D eigenvalue weighted by molar-refractivity contribution is -0.140. The number of hydrogen-bond acceptors (Lipinski definition) is 5. The number of amides is 1. The Morgan fingerprint density at radius 3 is 2.63 bits per heavy atom. The van der Waals surface area contributed by atoms with Gasteiger partial charge in [0, 0.05) is 24.5 Å². The van der Waals surface area contributed by atoms with E-state index in [9.17, 15) is 14.7 Å². The number of ether oxygens (including phenoxy) is 1. The monoisotopic (exact) mass is 510 g/mol. The van der Waals surface area contributed by atoms with E-state index in [1.807, 2.05) is 6.07 Å². The lowest BCUT2D eigenvalue weighted by atomic mass is 9.95. The third kappa shape index (κ3) is 5.34. The number of aliphatic hydroxyl groups excluding tert-OH is 1. The average molecular weight is 511 g/mol. The fourth-order valence-corrected chi connectivity index (χ4v) is 4.29. The van der Waals surface area contributed by atoms with E-state index in [1.165, 1.54) is 4.90 Å². The number of nitrogens with zero attached hydrogens (tertiary/aromatic N) is 2. The largest absolute Gasteiger partial charge is 0.507 e. The van der Waals surface area contributed by atoms with E-state index in [4.69, 9.17) is 27.9 Å². The summed E-state index contributed by atoms with van der Waals surface area (Å²) in [6, 6.07) is 14.4. The molecule has 1 aliphatic rings. The van der Waals surface area contributed by atoms with Crippen molar-refractivity contribution < 1.29 is 19.4 Å². The summed E-state index contributed by atoms with van der Waals surface area (Å²) in [5.74, 6) is -1.21. The normalized spacial score (nSPS) is 17.1. The molecule has 8 heteroatoms. The van der Waals surface area contributed by atoms with Crippen molar-refractivity contribution >= 4 is 40.7 Å². The van der Waals surface area contributed by atoms with Crippen LogP contribution < -0.4 is 4.74 Å². The topological polar surface area (TPSA) is 79.7 Å². The Morgan fingerprint density at radius 1 is 1.09 bits per heavy atom. The minimum Gasteiger partial charge on any atom is -0.507 e. The zero-order chi connectivity index (χ0) is 24.9. The third-order valence-electron chi connectivity index (χ3n) is 5.75. The van der Waals surface area contributed by atoms with Gasteiger partial charge >= 0.3 is 0 Å². The van der Waals surface area contributed by atoms with E-state index >= 15 is 0 Å². The summed E-state index contributed by atoms with van der Waals surface area (Å²) >= 11 is 12.4. The van der Waals surface area contributed by atoms with E-state index in [0.717, 1.165) is 18.4 Å². The van der Waals surface area contributed by atoms with Crippen LogP contribution in [0.15, 0.2) is 72.6 Å². The molecule has 0 bridgehead atoms. The molecule has 1 amide bonds. The highest BCUT2D eigenvalue weighted by atomic mass is 35.5. The summed E-state index contributed by atoms with van der Waals surface area (Å²) in [5, 5.41) is 11.9. The molecule has 2 aromatic carbocycles. The molecule has 1 saturated heterocycles. The van der Waals surface area contributed by atoms with Crippen LogP contribution in [0.4, 0.5) is 0 Å². The van der Waals surface area contributed by atoms with Gasteiger partial charge in [-0.2, -0.15) is 0 Å². The van der Waals surface area contributed by atoms with Crippen LogP contribution in [0.5, 0.6) is 5.75 Å². The molecule has 0 saturated carbocycles. The number of carbonyl (C=O) groups excluding carboxylic acids is 2. The van der Waals surface area contributed by atoms with Gasteiger partial charge in [-0.05, 0) is 47.9 Å². The van der Waals surface area contributed by atoms with Crippen molar-refractivity contribution in [2.24, 2.45) is 0 Å². The summed E-state index contributed by atoms with van der Waals surface area (Å²) in [6.45, 7) is 2.74. The van der Waals surface area contributed by atoms with Crippen LogP contribution in [0.3, 0.4) is 0 Å². The van der Waals surface area contributed by atoms with Crippen molar-refractivity contribution in [2.45, 2.75) is 32.4 Å². The Kier molecular flexibility index (Phi) is 7.73. The Balaban J connectivity index is 1.81. The van der Waals surface area contributed by atoms with Crippen molar-refractivity contribution in [1.29, 1.82) is 0 Å². The van der Waals surface area contributed by atoms with Gasteiger partial charge in [0.1, 0.15) is 11.5 Å². The fraction of sp³-hybridized carbons (Fsp3) is 0.222. The Morgan fingerprint density at radius 2 is 1.91 bits per heavy atom. The third-order valence-corrected chi connectivity index (χ3v) is 6.49. The van der Waals surface area contributed by atoms with E-state index < -0.39 is 17.7 Å². The highest BCUT2D eigenvalue weighted by Gasteiger charge is 2.46. The second-order valence-corrected chi connectivity index (χ2v) is 9.01. The Bertz CT molecular complexity index is 1280.